The number of benzene rings is 5. The third-order valence-electron chi connectivity index (χ3n) is 8.82. The number of thiophene rings is 1. The van der Waals surface area contributed by atoms with Crippen LogP contribution < -0.4 is 0 Å². The van der Waals surface area contributed by atoms with Crippen LogP contribution in [-0.2, 0) is 6.42 Å². The van der Waals surface area contributed by atoms with E-state index < -0.39 is 11.2 Å². The predicted molar refractivity (Wildman–Crippen MR) is 195 cm³/mol. The van der Waals surface area contributed by atoms with Gasteiger partial charge in [0.05, 0.1) is 27.7 Å². The number of hydrogen-bond acceptors (Lipinski definition) is 4. The van der Waals surface area contributed by atoms with Crippen molar-refractivity contribution in [2.45, 2.75) is 23.0 Å². The Bertz CT molecular complexity index is 3010. The number of fused-ring (bicyclic) bond motifs is 9. The maximum Gasteiger partial charge on any atom is 0.223 e. The van der Waals surface area contributed by atoms with E-state index >= 15 is 0 Å². The van der Waals surface area contributed by atoms with Crippen molar-refractivity contribution in [3.63, 3.8) is 0 Å². The molecule has 5 aromatic carbocycles. The summed E-state index contributed by atoms with van der Waals surface area (Å²) >= 11 is 3.06. The number of aromatic nitrogens is 2. The quantitative estimate of drug-likeness (QED) is 0.193. The Kier molecular flexibility index (Phi) is 4.41. The van der Waals surface area contributed by atoms with Crippen molar-refractivity contribution < 1.29 is 15.4 Å². The van der Waals surface area contributed by atoms with Gasteiger partial charge in [-0.3, -0.25) is 0 Å². The first-order valence-corrected chi connectivity index (χ1v) is 16.9. The molecular weight excluding hydrogens is 601 g/mol. The minimum atomic E-state index is -0.921. The van der Waals surface area contributed by atoms with Crippen LogP contribution in [0.3, 0.4) is 0 Å². The number of thioether (sulfide) groups is 1. The molecule has 0 N–H and O–H groups in total. The Labute approximate surface area is 285 Å². The molecule has 0 fully saturated rings. The standard InChI is InChI=1S/C41H28N2OS2/c1-2-11-25(12-3-1)31(41-42-32-16-6-8-19-35(32)44-41)24-27-23-26-13-10-18-34(40(26)45-27)43-33-17-7-4-14-28(33)29-21-22-37-38(39(29)43)30-15-5-9-20-36(30)46-37/h1-11,13-22,24-25,27H,12,23H2/b31-24+/i1D,2D,3D,10D,11D,13D,18D,24D. The van der Waals surface area contributed by atoms with Crippen molar-refractivity contribution in [2.24, 2.45) is 5.92 Å². The van der Waals surface area contributed by atoms with E-state index in [4.69, 9.17) is 17.6 Å². The fourth-order valence-corrected chi connectivity index (χ4v) is 9.17. The van der Waals surface area contributed by atoms with E-state index in [9.17, 15) is 2.74 Å². The Balaban J connectivity index is 1.22. The Hall–Kier alpha value is -4.84. The maximum atomic E-state index is 9.79. The monoisotopic (exact) mass is 636 g/mol. The van der Waals surface area contributed by atoms with E-state index in [0.29, 0.717) is 27.2 Å². The van der Waals surface area contributed by atoms with Gasteiger partial charge in [0.15, 0.2) is 5.58 Å². The van der Waals surface area contributed by atoms with Crippen LogP contribution in [0.5, 0.6) is 0 Å². The van der Waals surface area contributed by atoms with Gasteiger partial charge in [0, 0.05) is 52.6 Å². The molecule has 2 atom stereocenters. The van der Waals surface area contributed by atoms with Crippen molar-refractivity contribution in [1.82, 2.24) is 9.55 Å². The van der Waals surface area contributed by atoms with Crippen LogP contribution in [0.25, 0.3) is 64.3 Å². The van der Waals surface area contributed by atoms with Gasteiger partial charge in [0.1, 0.15) is 5.52 Å². The average molecular weight is 637 g/mol. The van der Waals surface area contributed by atoms with Crippen LogP contribution in [0.2, 0.25) is 0 Å². The topological polar surface area (TPSA) is 31.0 Å². The highest BCUT2D eigenvalue weighted by Crippen LogP contribution is 2.48. The van der Waals surface area contributed by atoms with Gasteiger partial charge in [-0.15, -0.1) is 23.1 Å². The summed E-state index contributed by atoms with van der Waals surface area (Å²) in [4.78, 5) is 5.36. The molecule has 0 spiro atoms. The van der Waals surface area contributed by atoms with Gasteiger partial charge < -0.3 is 8.98 Å². The lowest BCUT2D eigenvalue weighted by Gasteiger charge is -2.17. The van der Waals surface area contributed by atoms with Crippen LogP contribution in [0.1, 0.15) is 28.8 Å². The third-order valence-corrected chi connectivity index (χ3v) is 11.2. The summed E-state index contributed by atoms with van der Waals surface area (Å²) < 4.78 is 82.1. The van der Waals surface area contributed by atoms with E-state index in [0.717, 1.165) is 42.0 Å². The number of hydrogen-bond donors (Lipinski definition) is 0. The van der Waals surface area contributed by atoms with E-state index in [1.165, 1.54) is 11.8 Å². The molecule has 2 unspecified atom stereocenters. The molecular formula is C41H28N2OS2. The average Bonchev–Trinajstić information content (AvgIpc) is 3.97. The van der Waals surface area contributed by atoms with Gasteiger partial charge in [0.25, 0.3) is 0 Å². The minimum Gasteiger partial charge on any atom is -0.436 e. The molecule has 0 saturated carbocycles. The van der Waals surface area contributed by atoms with Gasteiger partial charge in [0.2, 0.25) is 5.89 Å². The number of allylic oxidation sites excluding steroid dienone is 5. The minimum absolute atomic E-state index is 0.0562. The summed E-state index contributed by atoms with van der Waals surface area (Å²) in [6.07, 6.45) is 0.148. The summed E-state index contributed by atoms with van der Waals surface area (Å²) in [5.74, 6) is -0.806. The van der Waals surface area contributed by atoms with Crippen molar-refractivity contribution in [3.05, 3.63) is 145 Å². The van der Waals surface area contributed by atoms with Gasteiger partial charge in [-0.2, -0.15) is 0 Å². The zero-order valence-corrected chi connectivity index (χ0v) is 25.9. The Morgan fingerprint density at radius 3 is 2.74 bits per heavy atom. The lowest BCUT2D eigenvalue weighted by atomic mass is 9.91. The molecule has 220 valence electrons. The molecule has 0 amide bonds. The number of para-hydroxylation sites is 3. The number of rotatable bonds is 4. The highest BCUT2D eigenvalue weighted by Gasteiger charge is 2.29. The third kappa shape index (κ3) is 4.02. The smallest absolute Gasteiger partial charge is 0.223 e. The zero-order chi connectivity index (χ0) is 37.2. The zero-order valence-electron chi connectivity index (χ0n) is 32.3. The summed E-state index contributed by atoms with van der Waals surface area (Å²) in [6, 6.07) is 26.6. The molecule has 5 heteroatoms. The number of nitrogens with zero attached hydrogens (tertiary/aromatic N) is 2. The van der Waals surface area contributed by atoms with Crippen molar-refractivity contribution in [1.29, 1.82) is 0 Å². The molecule has 0 saturated heterocycles. The molecule has 4 heterocycles. The van der Waals surface area contributed by atoms with Crippen LogP contribution in [0, 0.1) is 5.92 Å². The first kappa shape index (κ1) is 19.6. The molecule has 3 aromatic heterocycles. The Morgan fingerprint density at radius 1 is 0.913 bits per heavy atom. The highest BCUT2D eigenvalue weighted by molar-refractivity contribution is 8.00. The fraction of sp³-hybridized carbons (Fsp3) is 0.0976. The molecule has 1 aliphatic carbocycles. The molecule has 10 rings (SSSR count). The summed E-state index contributed by atoms with van der Waals surface area (Å²) in [7, 11) is 0. The molecule has 2 aliphatic rings. The summed E-state index contributed by atoms with van der Waals surface area (Å²) in [6.45, 7) is 0. The SMILES string of the molecule is [2H]C1=C([2H])C([2H])=C([2H])C(/C(=C(/[2H])C2Cc3c([2H])c([2H])c([2H])c(-n4c5ccccc5c5ccc6sc7ccccc7c6c54)c3S2)c2nc3ccccc3o2)C1. The van der Waals surface area contributed by atoms with Crippen LogP contribution in [0.15, 0.2) is 143 Å². The lowest BCUT2D eigenvalue weighted by Crippen LogP contribution is -2.06. The van der Waals surface area contributed by atoms with Gasteiger partial charge >= 0.3 is 0 Å². The lowest BCUT2D eigenvalue weighted by molar-refractivity contribution is 0.573. The molecule has 3 nitrogen and oxygen atoms in total. The first-order valence-electron chi connectivity index (χ1n) is 19.2. The molecule has 46 heavy (non-hydrogen) atoms. The van der Waals surface area contributed by atoms with Crippen molar-refractivity contribution in [3.8, 4) is 5.69 Å². The highest BCUT2D eigenvalue weighted by atomic mass is 32.2. The fourth-order valence-electron chi connectivity index (χ4n) is 6.82. The van der Waals surface area contributed by atoms with Gasteiger partial charge in [-0.05, 0) is 54.8 Å². The largest absolute Gasteiger partial charge is 0.436 e. The van der Waals surface area contributed by atoms with E-state index in [1.807, 2.05) is 42.5 Å². The van der Waals surface area contributed by atoms with Crippen LogP contribution in [0.4, 0.5) is 0 Å². The van der Waals surface area contributed by atoms with Crippen molar-refractivity contribution >= 4 is 81.7 Å². The normalized spacial score (nSPS) is 21.7. The van der Waals surface area contributed by atoms with E-state index in [-0.39, 0.29) is 72.7 Å². The molecule has 8 aromatic rings. The molecule has 0 bridgehead atoms. The number of oxazole rings is 1. The summed E-state index contributed by atoms with van der Waals surface area (Å²) in [5, 5.41) is 3.55. The summed E-state index contributed by atoms with van der Waals surface area (Å²) in [5.41, 5.74) is 4.17. The first-order chi connectivity index (χ1) is 26.1. The maximum absolute atomic E-state index is 9.79. The second kappa shape index (κ2) is 10.3. The second-order valence-electron chi connectivity index (χ2n) is 11.5. The predicted octanol–water partition coefficient (Wildman–Crippen LogP) is 11.5. The second-order valence-corrected chi connectivity index (χ2v) is 13.8. The van der Waals surface area contributed by atoms with Gasteiger partial charge in [-0.25, -0.2) is 4.98 Å². The van der Waals surface area contributed by atoms with E-state index in [1.54, 1.807) is 23.5 Å². The van der Waals surface area contributed by atoms with E-state index in [2.05, 4.69) is 34.9 Å². The van der Waals surface area contributed by atoms with Crippen LogP contribution >= 0.6 is 23.1 Å². The molecule has 1 aliphatic heterocycles. The van der Waals surface area contributed by atoms with Gasteiger partial charge in [-0.1, -0.05) is 96.9 Å². The van der Waals surface area contributed by atoms with Crippen molar-refractivity contribution in [2.75, 3.05) is 0 Å². The Morgan fingerprint density at radius 2 is 1.78 bits per heavy atom. The molecule has 0 radical (unpaired) electrons. The van der Waals surface area contributed by atoms with Crippen LogP contribution in [-0.4, -0.2) is 14.8 Å².